The zero-order chi connectivity index (χ0) is 16.9. The second-order valence-corrected chi connectivity index (χ2v) is 3.70. The standard InChI is InChI=1S/C12H7Cl3/c13-9-3-1-8(2-4-9)11-7-10(14)5-6-12(11)15/h1-7H/i1D,2D,3D,4D,5D,6D,7D. The van der Waals surface area contributed by atoms with Crippen LogP contribution in [0.1, 0.15) is 9.60 Å². The maximum absolute atomic E-state index is 7.96. The third kappa shape index (κ3) is 2.46. The molecule has 0 aromatic heterocycles. The molecule has 3 heteroatoms. The summed E-state index contributed by atoms with van der Waals surface area (Å²) in [6.07, 6.45) is 0. The third-order valence-corrected chi connectivity index (χ3v) is 2.24. The third-order valence-electron chi connectivity index (χ3n) is 1.58. The molecular weight excluding hydrogens is 250 g/mol. The number of hydrogen-bond acceptors (Lipinski definition) is 0. The van der Waals surface area contributed by atoms with Crippen molar-refractivity contribution in [3.05, 3.63) is 57.4 Å². The molecule has 0 saturated carbocycles. The maximum Gasteiger partial charge on any atom is 0.0646 e. The van der Waals surface area contributed by atoms with E-state index in [1.165, 1.54) is 0 Å². The zero-order valence-electron chi connectivity index (χ0n) is 14.1. The topological polar surface area (TPSA) is 0 Å². The van der Waals surface area contributed by atoms with Crippen molar-refractivity contribution < 1.29 is 9.60 Å². The van der Waals surface area contributed by atoms with Crippen LogP contribution in [0.25, 0.3) is 11.1 Å². The first-order chi connectivity index (χ1) is 10.1. The van der Waals surface area contributed by atoms with Gasteiger partial charge in [0.1, 0.15) is 0 Å². The fourth-order valence-electron chi connectivity index (χ4n) is 0.963. The van der Waals surface area contributed by atoms with E-state index in [2.05, 4.69) is 0 Å². The molecule has 0 radical (unpaired) electrons. The molecule has 0 spiro atoms. The average Bonchev–Trinajstić information content (AvgIpc) is 2.50. The Balaban J connectivity index is 3.03. The second kappa shape index (κ2) is 4.44. The van der Waals surface area contributed by atoms with Crippen LogP contribution in [0.3, 0.4) is 0 Å². The minimum atomic E-state index is -0.491. The first kappa shape index (κ1) is 5.09. The Hall–Kier alpha value is -0.690. The van der Waals surface area contributed by atoms with Gasteiger partial charge in [0.15, 0.2) is 0 Å². The van der Waals surface area contributed by atoms with Crippen molar-refractivity contribution in [2.24, 2.45) is 0 Å². The van der Waals surface area contributed by atoms with Gasteiger partial charge in [-0.05, 0) is 35.8 Å². The molecule has 76 valence electrons. The first-order valence-corrected chi connectivity index (χ1v) is 4.95. The largest absolute Gasteiger partial charge is 0.0843 e. The lowest BCUT2D eigenvalue weighted by Crippen LogP contribution is -1.79. The van der Waals surface area contributed by atoms with Gasteiger partial charge in [0.2, 0.25) is 0 Å². The van der Waals surface area contributed by atoms with Gasteiger partial charge >= 0.3 is 0 Å². The number of benzene rings is 2. The molecule has 2 aromatic rings. The predicted octanol–water partition coefficient (Wildman–Crippen LogP) is 5.31. The van der Waals surface area contributed by atoms with Crippen LogP contribution < -0.4 is 0 Å². The van der Waals surface area contributed by atoms with E-state index in [1.807, 2.05) is 0 Å². The summed E-state index contributed by atoms with van der Waals surface area (Å²) in [7, 11) is 0. The van der Waals surface area contributed by atoms with Crippen LogP contribution in [-0.4, -0.2) is 0 Å². The molecule has 0 fully saturated rings. The molecule has 2 aromatic carbocycles. The van der Waals surface area contributed by atoms with E-state index >= 15 is 0 Å². The lowest BCUT2D eigenvalue weighted by atomic mass is 10.1. The van der Waals surface area contributed by atoms with Gasteiger partial charge in [0.05, 0.1) is 9.60 Å². The van der Waals surface area contributed by atoms with Crippen LogP contribution in [0, 0.1) is 0 Å². The molecule has 0 aliphatic carbocycles. The average molecular weight is 265 g/mol. The second-order valence-electron chi connectivity index (χ2n) is 2.57. The van der Waals surface area contributed by atoms with Crippen molar-refractivity contribution >= 4 is 34.8 Å². The zero-order valence-corrected chi connectivity index (χ0v) is 9.40. The first-order valence-electron chi connectivity index (χ1n) is 7.32. The van der Waals surface area contributed by atoms with Gasteiger partial charge in [-0.15, -0.1) is 0 Å². The Kier molecular flexibility index (Phi) is 1.51. The molecule has 0 saturated heterocycles. The van der Waals surface area contributed by atoms with Crippen LogP contribution in [0.2, 0.25) is 15.1 Å². The van der Waals surface area contributed by atoms with Crippen molar-refractivity contribution in [3.8, 4) is 11.1 Å². The summed E-state index contributed by atoms with van der Waals surface area (Å²) >= 11 is 17.5. The Morgan fingerprint density at radius 2 is 1.40 bits per heavy atom. The molecular formula is C12H7Cl3. The van der Waals surface area contributed by atoms with Crippen LogP contribution in [0.4, 0.5) is 0 Å². The minimum absolute atomic E-state index is 0.221. The molecule has 0 nitrogen and oxygen atoms in total. The van der Waals surface area contributed by atoms with Gasteiger partial charge in [-0.3, -0.25) is 0 Å². The van der Waals surface area contributed by atoms with Gasteiger partial charge in [-0.1, -0.05) is 46.9 Å². The van der Waals surface area contributed by atoms with E-state index in [9.17, 15) is 0 Å². The predicted molar refractivity (Wildman–Crippen MR) is 66.9 cm³/mol. The van der Waals surface area contributed by atoms with Crippen LogP contribution in [0.15, 0.2) is 42.3 Å². The van der Waals surface area contributed by atoms with E-state index in [1.54, 1.807) is 0 Å². The SMILES string of the molecule is [2H]c1c([2H])c(-c2c([2H])c(Cl)c([2H])c([2H])c2Cl)c([2H])c([2H])c1Cl. The van der Waals surface area contributed by atoms with Crippen molar-refractivity contribution in [2.75, 3.05) is 0 Å². The highest BCUT2D eigenvalue weighted by Crippen LogP contribution is 2.31. The fourth-order valence-corrected chi connectivity index (χ4v) is 1.39. The molecule has 0 N–H and O–H groups in total. The quantitative estimate of drug-likeness (QED) is 0.654. The molecule has 0 aliphatic rings. The van der Waals surface area contributed by atoms with Crippen LogP contribution in [-0.2, 0) is 0 Å². The highest BCUT2D eigenvalue weighted by Gasteiger charge is 2.03. The van der Waals surface area contributed by atoms with E-state index in [-0.39, 0.29) is 26.2 Å². The lowest BCUT2D eigenvalue weighted by molar-refractivity contribution is 1.62. The lowest BCUT2D eigenvalue weighted by Gasteiger charge is -2.05. The van der Waals surface area contributed by atoms with Gasteiger partial charge in [0, 0.05) is 20.6 Å². The Bertz CT molecular complexity index is 679. The summed E-state index contributed by atoms with van der Waals surface area (Å²) in [5, 5.41) is -1.03. The maximum atomic E-state index is 7.96. The normalized spacial score (nSPS) is 16.9. The Morgan fingerprint density at radius 1 is 0.800 bits per heavy atom. The number of halogens is 3. The minimum Gasteiger partial charge on any atom is -0.0843 e. The highest BCUT2D eigenvalue weighted by molar-refractivity contribution is 6.35. The molecule has 0 amide bonds. The van der Waals surface area contributed by atoms with E-state index in [0.717, 1.165) is 0 Å². The van der Waals surface area contributed by atoms with Crippen molar-refractivity contribution in [1.29, 1.82) is 0 Å². The van der Waals surface area contributed by atoms with Crippen molar-refractivity contribution in [2.45, 2.75) is 0 Å². The molecule has 0 bridgehead atoms. The molecule has 2 rings (SSSR count). The van der Waals surface area contributed by atoms with Crippen LogP contribution >= 0.6 is 34.8 Å². The number of rotatable bonds is 1. The Morgan fingerprint density at radius 3 is 2.07 bits per heavy atom. The summed E-state index contributed by atoms with van der Waals surface area (Å²) in [4.78, 5) is 0. The summed E-state index contributed by atoms with van der Waals surface area (Å²) in [5.41, 5.74) is -0.494. The number of hydrogen-bond donors (Lipinski definition) is 0. The Labute approximate surface area is 113 Å². The van der Waals surface area contributed by atoms with Crippen molar-refractivity contribution in [3.63, 3.8) is 0 Å². The van der Waals surface area contributed by atoms with Crippen molar-refractivity contribution in [1.82, 2.24) is 0 Å². The summed E-state index contributed by atoms with van der Waals surface area (Å²) in [6.45, 7) is 0. The molecule has 0 heterocycles. The fraction of sp³-hybridized carbons (Fsp3) is 0. The van der Waals surface area contributed by atoms with Crippen LogP contribution in [0.5, 0.6) is 0 Å². The van der Waals surface area contributed by atoms with Gasteiger partial charge in [0.25, 0.3) is 0 Å². The summed E-state index contributed by atoms with van der Waals surface area (Å²) in [5.74, 6) is 0. The van der Waals surface area contributed by atoms with E-state index in [4.69, 9.17) is 44.4 Å². The highest BCUT2D eigenvalue weighted by atomic mass is 35.5. The molecule has 15 heavy (non-hydrogen) atoms. The van der Waals surface area contributed by atoms with E-state index < -0.39 is 42.3 Å². The molecule has 0 unspecified atom stereocenters. The smallest absolute Gasteiger partial charge is 0.0646 e. The van der Waals surface area contributed by atoms with E-state index in [0.29, 0.717) is 0 Å². The van der Waals surface area contributed by atoms with Gasteiger partial charge in [-0.25, -0.2) is 0 Å². The monoisotopic (exact) mass is 263 g/mol. The van der Waals surface area contributed by atoms with Gasteiger partial charge < -0.3 is 0 Å². The summed E-state index contributed by atoms with van der Waals surface area (Å²) in [6, 6.07) is -3.27. The summed E-state index contributed by atoms with van der Waals surface area (Å²) < 4.78 is 54.6. The molecule has 0 atom stereocenters. The van der Waals surface area contributed by atoms with Gasteiger partial charge in [-0.2, -0.15) is 0 Å². The molecule has 0 aliphatic heterocycles.